The Labute approximate surface area is 74.4 Å². The minimum atomic E-state index is 0.724. The summed E-state index contributed by atoms with van der Waals surface area (Å²) >= 11 is 0. The summed E-state index contributed by atoms with van der Waals surface area (Å²) in [5.74, 6) is 0.985. The molecule has 0 saturated carbocycles. The van der Waals surface area contributed by atoms with Crippen LogP contribution in [-0.4, -0.2) is 6.61 Å². The molecular formula is C11H15O. The van der Waals surface area contributed by atoms with Gasteiger partial charge in [-0.05, 0) is 44.4 Å². The largest absolute Gasteiger partial charge is 0.494 e. The maximum Gasteiger partial charge on any atom is 0.122 e. The van der Waals surface area contributed by atoms with Gasteiger partial charge in [0.25, 0.3) is 0 Å². The fraction of sp³-hybridized carbons (Fsp3) is 0.364. The Morgan fingerprint density at radius 3 is 2.75 bits per heavy atom. The molecule has 0 spiro atoms. The monoisotopic (exact) mass is 163 g/mol. The van der Waals surface area contributed by atoms with Crippen LogP contribution >= 0.6 is 0 Å². The predicted octanol–water partition coefficient (Wildman–Crippen LogP) is 2.77. The van der Waals surface area contributed by atoms with Crippen LogP contribution in [-0.2, 0) is 6.42 Å². The van der Waals surface area contributed by atoms with Crippen molar-refractivity contribution in [1.82, 2.24) is 0 Å². The first-order valence-electron chi connectivity index (χ1n) is 4.30. The third kappa shape index (κ3) is 1.79. The lowest BCUT2D eigenvalue weighted by atomic mass is 10.1. The van der Waals surface area contributed by atoms with Gasteiger partial charge in [-0.15, -0.1) is 0 Å². The molecule has 1 rings (SSSR count). The molecular weight excluding hydrogens is 148 g/mol. The summed E-state index contributed by atoms with van der Waals surface area (Å²) in [7, 11) is 0. The Bertz CT molecular complexity index is 253. The molecule has 0 amide bonds. The van der Waals surface area contributed by atoms with Crippen molar-refractivity contribution in [1.29, 1.82) is 0 Å². The smallest absolute Gasteiger partial charge is 0.122 e. The van der Waals surface area contributed by atoms with Crippen LogP contribution in [0.4, 0.5) is 0 Å². The second-order valence-corrected chi connectivity index (χ2v) is 2.72. The summed E-state index contributed by atoms with van der Waals surface area (Å²) in [6.07, 6.45) is 0.826. The average molecular weight is 163 g/mol. The molecule has 0 N–H and O–H groups in total. The number of ether oxygens (including phenoxy) is 1. The van der Waals surface area contributed by atoms with Crippen molar-refractivity contribution < 1.29 is 4.74 Å². The molecule has 1 aromatic rings. The highest BCUT2D eigenvalue weighted by atomic mass is 16.5. The van der Waals surface area contributed by atoms with E-state index in [2.05, 4.69) is 19.9 Å². The molecule has 12 heavy (non-hydrogen) atoms. The van der Waals surface area contributed by atoms with E-state index in [0.29, 0.717) is 0 Å². The first kappa shape index (κ1) is 9.11. The maximum absolute atomic E-state index is 5.45. The molecule has 1 heteroatoms. The lowest BCUT2D eigenvalue weighted by Crippen LogP contribution is -1.96. The average Bonchev–Trinajstić information content (AvgIpc) is 2.09. The van der Waals surface area contributed by atoms with Crippen molar-refractivity contribution >= 4 is 0 Å². The minimum absolute atomic E-state index is 0.724. The molecule has 0 aliphatic carbocycles. The van der Waals surface area contributed by atoms with E-state index < -0.39 is 0 Å². The molecule has 0 aliphatic heterocycles. The second kappa shape index (κ2) is 4.15. The molecule has 0 heterocycles. The number of hydrogen-bond acceptors (Lipinski definition) is 1. The van der Waals surface area contributed by atoms with Gasteiger partial charge in [-0.25, -0.2) is 0 Å². The maximum atomic E-state index is 5.45. The summed E-state index contributed by atoms with van der Waals surface area (Å²) in [6, 6.07) is 6.10. The summed E-state index contributed by atoms with van der Waals surface area (Å²) in [6.45, 7) is 8.66. The highest BCUT2D eigenvalue weighted by molar-refractivity contribution is 5.39. The van der Waals surface area contributed by atoms with Crippen molar-refractivity contribution in [2.75, 3.05) is 6.61 Å². The van der Waals surface area contributed by atoms with Crippen LogP contribution < -0.4 is 4.74 Å². The highest BCUT2D eigenvalue weighted by Gasteiger charge is 2.01. The zero-order chi connectivity index (χ0) is 8.97. The van der Waals surface area contributed by atoms with Gasteiger partial charge in [0.15, 0.2) is 0 Å². The van der Waals surface area contributed by atoms with Crippen LogP contribution in [0.1, 0.15) is 18.1 Å². The van der Waals surface area contributed by atoms with E-state index in [1.165, 1.54) is 11.1 Å². The van der Waals surface area contributed by atoms with E-state index in [1.54, 1.807) is 0 Å². The van der Waals surface area contributed by atoms with Gasteiger partial charge in [0, 0.05) is 0 Å². The standard InChI is InChI=1S/C11H15O/c1-4-10-7-6-8-11(9(10)3)12-5-2/h6-8H,1,4-5H2,2-3H3. The molecule has 0 bridgehead atoms. The van der Waals surface area contributed by atoms with Crippen molar-refractivity contribution in [2.24, 2.45) is 0 Å². The molecule has 0 saturated heterocycles. The SMILES string of the molecule is [CH2]Cc1cccc(OCC)c1C. The Balaban J connectivity index is 2.97. The van der Waals surface area contributed by atoms with Gasteiger partial charge in [-0.3, -0.25) is 0 Å². The topological polar surface area (TPSA) is 9.23 Å². The van der Waals surface area contributed by atoms with Crippen LogP contribution in [0.25, 0.3) is 0 Å². The molecule has 1 nitrogen and oxygen atoms in total. The number of rotatable bonds is 3. The van der Waals surface area contributed by atoms with E-state index in [1.807, 2.05) is 19.1 Å². The number of benzene rings is 1. The first-order chi connectivity index (χ1) is 5.79. The third-order valence-corrected chi connectivity index (χ3v) is 1.97. The Morgan fingerprint density at radius 1 is 1.42 bits per heavy atom. The molecule has 1 radical (unpaired) electrons. The van der Waals surface area contributed by atoms with Gasteiger partial charge in [-0.2, -0.15) is 0 Å². The van der Waals surface area contributed by atoms with Crippen LogP contribution in [0.15, 0.2) is 18.2 Å². The minimum Gasteiger partial charge on any atom is -0.494 e. The lowest BCUT2D eigenvalue weighted by molar-refractivity contribution is 0.337. The van der Waals surface area contributed by atoms with Gasteiger partial charge < -0.3 is 4.74 Å². The van der Waals surface area contributed by atoms with Crippen molar-refractivity contribution in [2.45, 2.75) is 20.3 Å². The van der Waals surface area contributed by atoms with Crippen LogP contribution in [0, 0.1) is 13.8 Å². The zero-order valence-electron chi connectivity index (χ0n) is 7.76. The normalized spacial score (nSPS) is 9.92. The van der Waals surface area contributed by atoms with E-state index >= 15 is 0 Å². The molecule has 1 aromatic carbocycles. The van der Waals surface area contributed by atoms with Gasteiger partial charge in [-0.1, -0.05) is 12.1 Å². The fourth-order valence-electron chi connectivity index (χ4n) is 1.24. The first-order valence-corrected chi connectivity index (χ1v) is 4.30. The van der Waals surface area contributed by atoms with Crippen LogP contribution in [0.5, 0.6) is 5.75 Å². The highest BCUT2D eigenvalue weighted by Crippen LogP contribution is 2.21. The van der Waals surface area contributed by atoms with Gasteiger partial charge in [0.1, 0.15) is 5.75 Å². The lowest BCUT2D eigenvalue weighted by Gasteiger charge is -2.09. The van der Waals surface area contributed by atoms with Gasteiger partial charge in [0.05, 0.1) is 6.61 Å². The van der Waals surface area contributed by atoms with Crippen LogP contribution in [0.3, 0.4) is 0 Å². The number of hydrogen-bond donors (Lipinski definition) is 0. The molecule has 0 fully saturated rings. The summed E-state index contributed by atoms with van der Waals surface area (Å²) in [4.78, 5) is 0. The quantitative estimate of drug-likeness (QED) is 0.665. The van der Waals surface area contributed by atoms with Crippen molar-refractivity contribution in [3.63, 3.8) is 0 Å². The Kier molecular flexibility index (Phi) is 3.15. The Hall–Kier alpha value is -0.980. The van der Waals surface area contributed by atoms with E-state index in [-0.39, 0.29) is 0 Å². The van der Waals surface area contributed by atoms with E-state index in [0.717, 1.165) is 18.8 Å². The molecule has 0 aliphatic rings. The second-order valence-electron chi connectivity index (χ2n) is 2.72. The molecule has 65 valence electrons. The molecule has 0 atom stereocenters. The third-order valence-electron chi connectivity index (χ3n) is 1.97. The molecule has 0 aromatic heterocycles. The summed E-state index contributed by atoms with van der Waals surface area (Å²) in [5.41, 5.74) is 2.48. The predicted molar refractivity (Wildman–Crippen MR) is 51.4 cm³/mol. The van der Waals surface area contributed by atoms with E-state index in [4.69, 9.17) is 4.74 Å². The zero-order valence-corrected chi connectivity index (χ0v) is 7.76. The summed E-state index contributed by atoms with van der Waals surface area (Å²) in [5, 5.41) is 0. The summed E-state index contributed by atoms with van der Waals surface area (Å²) < 4.78 is 5.45. The van der Waals surface area contributed by atoms with Gasteiger partial charge >= 0.3 is 0 Å². The van der Waals surface area contributed by atoms with E-state index in [9.17, 15) is 0 Å². The molecule has 0 unspecified atom stereocenters. The van der Waals surface area contributed by atoms with Crippen molar-refractivity contribution in [3.05, 3.63) is 36.2 Å². The Morgan fingerprint density at radius 2 is 2.17 bits per heavy atom. The van der Waals surface area contributed by atoms with Crippen LogP contribution in [0.2, 0.25) is 0 Å². The van der Waals surface area contributed by atoms with Gasteiger partial charge in [0.2, 0.25) is 0 Å². The van der Waals surface area contributed by atoms with Crippen molar-refractivity contribution in [3.8, 4) is 5.75 Å². The fourth-order valence-corrected chi connectivity index (χ4v) is 1.24.